The first-order chi connectivity index (χ1) is 12.4. The lowest BCUT2D eigenvalue weighted by atomic mass is 10.1. The number of rotatable bonds is 5. The number of nitrogens with one attached hydrogen (secondary N) is 1. The molecule has 9 heteroatoms. The number of carbonyl (C=O) groups excluding carboxylic acids is 2. The second-order valence-electron chi connectivity index (χ2n) is 5.78. The first-order valence-corrected chi connectivity index (χ1v) is 8.10. The Morgan fingerprint density at radius 2 is 2.04 bits per heavy atom. The highest BCUT2D eigenvalue weighted by Crippen LogP contribution is 2.26. The fourth-order valence-electron chi connectivity index (χ4n) is 2.70. The Hall–Kier alpha value is -3.36. The van der Waals surface area contributed by atoms with Crippen molar-refractivity contribution in [3.05, 3.63) is 47.9 Å². The molecule has 3 aromatic rings. The first kappa shape index (κ1) is 17.5. The normalized spacial score (nSPS) is 10.8. The number of hydrogen-bond acceptors (Lipinski definition) is 5. The summed E-state index contributed by atoms with van der Waals surface area (Å²) in [4.78, 5) is 29.0. The molecule has 3 rings (SSSR count). The van der Waals surface area contributed by atoms with Crippen molar-refractivity contribution in [1.29, 1.82) is 0 Å². The van der Waals surface area contributed by atoms with E-state index in [1.54, 1.807) is 42.5 Å². The van der Waals surface area contributed by atoms with Crippen LogP contribution in [0.5, 0.6) is 0 Å². The van der Waals surface area contributed by atoms with Gasteiger partial charge in [-0.05, 0) is 25.5 Å². The summed E-state index contributed by atoms with van der Waals surface area (Å²) in [5.74, 6) is -0.733. The van der Waals surface area contributed by atoms with E-state index in [9.17, 15) is 9.59 Å². The summed E-state index contributed by atoms with van der Waals surface area (Å²) in [6.45, 7) is 3.75. The van der Waals surface area contributed by atoms with Crippen LogP contribution < -0.4 is 5.43 Å². The van der Waals surface area contributed by atoms with Crippen LogP contribution in [0.15, 0.2) is 30.9 Å². The molecule has 0 saturated heterocycles. The van der Waals surface area contributed by atoms with Gasteiger partial charge in [-0.2, -0.15) is 5.10 Å². The van der Waals surface area contributed by atoms with Crippen LogP contribution in [0.4, 0.5) is 0 Å². The zero-order valence-electron chi connectivity index (χ0n) is 15.1. The summed E-state index contributed by atoms with van der Waals surface area (Å²) in [6.07, 6.45) is 6.66. The zero-order valence-corrected chi connectivity index (χ0v) is 15.1. The van der Waals surface area contributed by atoms with E-state index in [1.165, 1.54) is 10.9 Å². The van der Waals surface area contributed by atoms with Gasteiger partial charge < -0.3 is 9.30 Å². The monoisotopic (exact) mass is 356 g/mol. The molecule has 0 aliphatic carbocycles. The molecule has 1 amide bonds. The molecule has 9 nitrogen and oxygen atoms in total. The predicted octanol–water partition coefficient (Wildman–Crippen LogP) is 1.49. The molecule has 1 N–H and O–H groups in total. The number of aromatic nitrogens is 5. The van der Waals surface area contributed by atoms with Crippen LogP contribution in [0.3, 0.4) is 0 Å². The molecule has 0 fully saturated rings. The van der Waals surface area contributed by atoms with Gasteiger partial charge in [-0.1, -0.05) is 0 Å². The molecule has 0 aliphatic heterocycles. The van der Waals surface area contributed by atoms with Crippen molar-refractivity contribution >= 4 is 11.9 Å². The molecule has 3 aromatic heterocycles. The average Bonchev–Trinajstić information content (AvgIpc) is 3.27. The van der Waals surface area contributed by atoms with Gasteiger partial charge in [0.15, 0.2) is 11.5 Å². The maximum Gasteiger partial charge on any atom is 0.357 e. The van der Waals surface area contributed by atoms with Crippen molar-refractivity contribution in [2.45, 2.75) is 13.8 Å². The van der Waals surface area contributed by atoms with Gasteiger partial charge in [0.05, 0.1) is 12.3 Å². The van der Waals surface area contributed by atoms with Gasteiger partial charge in [-0.15, -0.1) is 0 Å². The van der Waals surface area contributed by atoms with E-state index in [2.05, 4.69) is 15.5 Å². The third-order valence-electron chi connectivity index (χ3n) is 3.96. The minimum atomic E-state index is -0.521. The highest BCUT2D eigenvalue weighted by molar-refractivity contribution is 5.99. The molecule has 3 heterocycles. The molecule has 0 aromatic carbocycles. The minimum absolute atomic E-state index is 0.227. The van der Waals surface area contributed by atoms with Crippen LogP contribution in [-0.4, -0.2) is 42.5 Å². The van der Waals surface area contributed by atoms with Gasteiger partial charge in [0, 0.05) is 44.4 Å². The largest absolute Gasteiger partial charge is 0.461 e. The summed E-state index contributed by atoms with van der Waals surface area (Å²) >= 11 is 0. The van der Waals surface area contributed by atoms with Gasteiger partial charge in [-0.25, -0.2) is 9.78 Å². The Morgan fingerprint density at radius 1 is 1.27 bits per heavy atom. The summed E-state index contributed by atoms with van der Waals surface area (Å²) in [5.41, 5.74) is 5.03. The highest BCUT2D eigenvalue weighted by Gasteiger charge is 2.24. The van der Waals surface area contributed by atoms with Crippen LogP contribution in [0, 0.1) is 6.92 Å². The molecule has 0 radical (unpaired) electrons. The quantitative estimate of drug-likeness (QED) is 0.699. The summed E-state index contributed by atoms with van der Waals surface area (Å²) in [6, 6.07) is 1.84. The molecule has 26 heavy (non-hydrogen) atoms. The second-order valence-corrected chi connectivity index (χ2v) is 5.78. The van der Waals surface area contributed by atoms with Crippen molar-refractivity contribution in [2.24, 2.45) is 14.1 Å². The van der Waals surface area contributed by atoms with Crippen molar-refractivity contribution in [2.75, 3.05) is 12.0 Å². The Labute approximate surface area is 150 Å². The standard InChI is InChI=1S/C17H20N6O3/c1-5-26-17(25)14-11(2)12(13-6-8-22(4)19-13)10-23(14)20-16(24)15-18-7-9-21(15)3/h6-10H,5H2,1-4H3,(H,20,24). The lowest BCUT2D eigenvalue weighted by molar-refractivity contribution is 0.0515. The Balaban J connectivity index is 2.03. The molecular weight excluding hydrogens is 336 g/mol. The maximum atomic E-state index is 12.5. The summed E-state index contributed by atoms with van der Waals surface area (Å²) in [7, 11) is 3.53. The van der Waals surface area contributed by atoms with Crippen molar-refractivity contribution in [3.63, 3.8) is 0 Å². The zero-order chi connectivity index (χ0) is 18.8. The average molecular weight is 356 g/mol. The molecule has 136 valence electrons. The number of hydrogen-bond donors (Lipinski definition) is 1. The highest BCUT2D eigenvalue weighted by atomic mass is 16.5. The number of esters is 1. The molecule has 0 atom stereocenters. The smallest absolute Gasteiger partial charge is 0.357 e. The minimum Gasteiger partial charge on any atom is -0.461 e. The summed E-state index contributed by atoms with van der Waals surface area (Å²) in [5, 5.41) is 4.37. The Morgan fingerprint density at radius 3 is 2.62 bits per heavy atom. The van der Waals surface area contributed by atoms with Gasteiger partial charge in [-0.3, -0.25) is 19.6 Å². The van der Waals surface area contributed by atoms with Gasteiger partial charge in [0.1, 0.15) is 0 Å². The molecule has 0 saturated carbocycles. The number of ether oxygens (including phenoxy) is 1. The number of amides is 1. The first-order valence-electron chi connectivity index (χ1n) is 8.10. The van der Waals surface area contributed by atoms with Crippen molar-refractivity contribution in [3.8, 4) is 11.3 Å². The van der Waals surface area contributed by atoms with Crippen LogP contribution in [-0.2, 0) is 18.8 Å². The van der Waals surface area contributed by atoms with Crippen molar-refractivity contribution < 1.29 is 14.3 Å². The summed E-state index contributed by atoms with van der Waals surface area (Å²) < 4.78 is 9.77. The van der Waals surface area contributed by atoms with E-state index in [-0.39, 0.29) is 18.1 Å². The number of imidazole rings is 1. The van der Waals surface area contributed by atoms with Crippen LogP contribution in [0.1, 0.15) is 33.6 Å². The molecular formula is C17H20N6O3. The van der Waals surface area contributed by atoms with Gasteiger partial charge in [0.25, 0.3) is 0 Å². The topological polar surface area (TPSA) is 96.0 Å². The van der Waals surface area contributed by atoms with Gasteiger partial charge in [0.2, 0.25) is 0 Å². The lowest BCUT2D eigenvalue weighted by Crippen LogP contribution is -2.28. The number of aryl methyl sites for hydroxylation is 2. The van der Waals surface area contributed by atoms with Gasteiger partial charge >= 0.3 is 11.9 Å². The SMILES string of the molecule is CCOC(=O)c1c(C)c(-c2ccn(C)n2)cn1NC(=O)c1nccn1C. The maximum absolute atomic E-state index is 12.5. The molecule has 0 bridgehead atoms. The predicted molar refractivity (Wildman–Crippen MR) is 94.2 cm³/mol. The van der Waals surface area contributed by atoms with Crippen molar-refractivity contribution in [1.82, 2.24) is 24.0 Å². The van der Waals surface area contributed by atoms with E-state index in [0.717, 1.165) is 5.56 Å². The lowest BCUT2D eigenvalue weighted by Gasteiger charge is -2.10. The van der Waals surface area contributed by atoms with E-state index in [4.69, 9.17) is 4.74 Å². The molecule has 0 aliphatic rings. The van der Waals surface area contributed by atoms with Crippen LogP contribution >= 0.6 is 0 Å². The van der Waals surface area contributed by atoms with E-state index >= 15 is 0 Å². The van der Waals surface area contributed by atoms with E-state index in [1.807, 2.05) is 19.3 Å². The number of carbonyl (C=O) groups is 2. The van der Waals surface area contributed by atoms with Crippen LogP contribution in [0.2, 0.25) is 0 Å². The Bertz CT molecular complexity index is 965. The molecule has 0 unspecified atom stereocenters. The van der Waals surface area contributed by atoms with Crippen LogP contribution in [0.25, 0.3) is 11.3 Å². The fraction of sp³-hybridized carbons (Fsp3) is 0.294. The molecule has 0 spiro atoms. The third kappa shape index (κ3) is 3.10. The number of nitrogens with zero attached hydrogens (tertiary/aromatic N) is 5. The fourth-order valence-corrected chi connectivity index (χ4v) is 2.70. The van der Waals surface area contributed by atoms with E-state index in [0.29, 0.717) is 11.3 Å². The Kier molecular flexibility index (Phi) is 4.61. The third-order valence-corrected chi connectivity index (χ3v) is 3.96. The second kappa shape index (κ2) is 6.87. The van der Waals surface area contributed by atoms with E-state index < -0.39 is 11.9 Å².